The SMILES string of the molecule is COc1ncc(-c2ccc3c(c2)CC(c2nc(N)nc(C)c2C(C)C)CNO3)cc1NS(C)(=O)=O. The van der Waals surface area contributed by atoms with Crippen LogP contribution in [0.3, 0.4) is 0 Å². The number of nitrogens with two attached hydrogens (primary N) is 1. The molecule has 1 unspecified atom stereocenters. The number of hydrogen-bond acceptors (Lipinski definition) is 9. The van der Waals surface area contributed by atoms with Crippen molar-refractivity contribution < 1.29 is 18.0 Å². The Morgan fingerprint density at radius 1 is 1.23 bits per heavy atom. The van der Waals surface area contributed by atoms with E-state index in [0.717, 1.165) is 45.6 Å². The Hall–Kier alpha value is -3.44. The molecule has 186 valence electrons. The third-order valence-electron chi connectivity index (χ3n) is 5.86. The summed E-state index contributed by atoms with van der Waals surface area (Å²) >= 11 is 0. The van der Waals surface area contributed by atoms with Gasteiger partial charge >= 0.3 is 0 Å². The second-order valence-electron chi connectivity index (χ2n) is 8.95. The number of ether oxygens (including phenoxy) is 1. The first-order valence-electron chi connectivity index (χ1n) is 11.2. The van der Waals surface area contributed by atoms with E-state index >= 15 is 0 Å². The van der Waals surface area contributed by atoms with E-state index in [1.165, 1.54) is 7.11 Å². The average molecular weight is 499 g/mol. The van der Waals surface area contributed by atoms with Gasteiger partial charge in [-0.2, -0.15) is 5.48 Å². The number of hydroxylamine groups is 1. The highest BCUT2D eigenvalue weighted by atomic mass is 32.2. The van der Waals surface area contributed by atoms with E-state index in [9.17, 15) is 8.42 Å². The summed E-state index contributed by atoms with van der Waals surface area (Å²) in [5.41, 5.74) is 14.8. The number of nitrogens with one attached hydrogen (secondary N) is 2. The van der Waals surface area contributed by atoms with Gasteiger partial charge in [-0.3, -0.25) is 4.72 Å². The van der Waals surface area contributed by atoms with Gasteiger partial charge < -0.3 is 15.3 Å². The molecule has 4 rings (SSSR count). The average Bonchev–Trinajstić information content (AvgIpc) is 2.99. The molecule has 0 bridgehead atoms. The Bertz CT molecular complexity index is 1360. The number of aryl methyl sites for hydroxylation is 1. The lowest BCUT2D eigenvalue weighted by Gasteiger charge is -2.21. The minimum absolute atomic E-state index is 0.0179. The quantitative estimate of drug-likeness (QED) is 0.467. The fourth-order valence-corrected chi connectivity index (χ4v) is 5.01. The number of nitrogens with zero attached hydrogens (tertiary/aromatic N) is 3. The van der Waals surface area contributed by atoms with E-state index in [1.807, 2.05) is 25.1 Å². The predicted molar refractivity (Wildman–Crippen MR) is 135 cm³/mol. The summed E-state index contributed by atoms with van der Waals surface area (Å²) in [4.78, 5) is 19.1. The molecule has 0 fully saturated rings. The van der Waals surface area contributed by atoms with Crippen molar-refractivity contribution in [1.82, 2.24) is 20.4 Å². The molecule has 1 aliphatic heterocycles. The van der Waals surface area contributed by atoms with Crippen LogP contribution in [0.5, 0.6) is 11.6 Å². The van der Waals surface area contributed by atoms with Gasteiger partial charge in [-0.15, -0.1) is 0 Å². The van der Waals surface area contributed by atoms with Gasteiger partial charge in [-0.05, 0) is 54.2 Å². The smallest absolute Gasteiger partial charge is 0.238 e. The molecule has 0 aliphatic carbocycles. The van der Waals surface area contributed by atoms with Crippen LogP contribution in [0.25, 0.3) is 11.1 Å². The zero-order chi connectivity index (χ0) is 25.3. The number of sulfonamides is 1. The van der Waals surface area contributed by atoms with Crippen molar-refractivity contribution in [3.8, 4) is 22.8 Å². The van der Waals surface area contributed by atoms with Crippen molar-refractivity contribution in [3.05, 3.63) is 53.0 Å². The van der Waals surface area contributed by atoms with Gasteiger partial charge in [0.15, 0.2) is 0 Å². The van der Waals surface area contributed by atoms with Crippen LogP contribution in [0.15, 0.2) is 30.5 Å². The van der Waals surface area contributed by atoms with Gasteiger partial charge in [-0.25, -0.2) is 23.4 Å². The minimum Gasteiger partial charge on any atom is -0.480 e. The molecule has 2 aromatic heterocycles. The molecule has 3 heterocycles. The van der Waals surface area contributed by atoms with Crippen molar-refractivity contribution in [2.24, 2.45) is 0 Å². The summed E-state index contributed by atoms with van der Waals surface area (Å²) in [6, 6.07) is 7.51. The fraction of sp³-hybridized carbons (Fsp3) is 0.375. The molecule has 1 aromatic carbocycles. The van der Waals surface area contributed by atoms with Crippen molar-refractivity contribution in [2.75, 3.05) is 30.4 Å². The highest BCUT2D eigenvalue weighted by Gasteiger charge is 2.26. The number of anilines is 2. The fourth-order valence-electron chi connectivity index (χ4n) is 4.47. The van der Waals surface area contributed by atoms with Crippen LogP contribution in [0, 0.1) is 6.92 Å². The Morgan fingerprint density at radius 2 is 2.00 bits per heavy atom. The van der Waals surface area contributed by atoms with E-state index in [2.05, 4.69) is 39.0 Å². The maximum Gasteiger partial charge on any atom is 0.238 e. The highest BCUT2D eigenvalue weighted by molar-refractivity contribution is 7.92. The molecule has 0 spiro atoms. The van der Waals surface area contributed by atoms with Crippen molar-refractivity contribution in [2.45, 2.75) is 39.0 Å². The standard InChI is InChI=1S/C24H30N6O4S/c1-13(2)21-14(3)28-24(25)29-22(21)18-9-16-8-15(6-7-20(16)34-27-12-18)17-10-19(30-35(5,31)32)23(33-4)26-11-17/h6-8,10-11,13,18,27,30H,9,12H2,1-5H3,(H2,25,28,29). The van der Waals surface area contributed by atoms with Gasteiger partial charge in [0.2, 0.25) is 21.9 Å². The lowest BCUT2D eigenvalue weighted by atomic mass is 9.87. The van der Waals surface area contributed by atoms with Crippen LogP contribution >= 0.6 is 0 Å². The predicted octanol–water partition coefficient (Wildman–Crippen LogP) is 3.16. The molecule has 1 aliphatic rings. The van der Waals surface area contributed by atoms with E-state index < -0.39 is 10.0 Å². The molecule has 35 heavy (non-hydrogen) atoms. The molecule has 10 nitrogen and oxygen atoms in total. The third kappa shape index (κ3) is 5.46. The van der Waals surface area contributed by atoms with Gasteiger partial charge in [-0.1, -0.05) is 19.9 Å². The lowest BCUT2D eigenvalue weighted by Crippen LogP contribution is -2.25. The second-order valence-corrected chi connectivity index (χ2v) is 10.7. The lowest BCUT2D eigenvalue weighted by molar-refractivity contribution is 0.196. The molecule has 4 N–H and O–H groups in total. The zero-order valence-electron chi connectivity index (χ0n) is 20.4. The second kappa shape index (κ2) is 9.67. The van der Waals surface area contributed by atoms with Crippen LogP contribution < -0.4 is 25.5 Å². The van der Waals surface area contributed by atoms with Crippen molar-refractivity contribution >= 4 is 21.7 Å². The first kappa shape index (κ1) is 24.7. The number of hydrogen-bond donors (Lipinski definition) is 3. The van der Waals surface area contributed by atoms with Gasteiger partial charge in [0, 0.05) is 29.9 Å². The van der Waals surface area contributed by atoms with E-state index in [1.54, 1.807) is 12.3 Å². The monoisotopic (exact) mass is 498 g/mol. The summed E-state index contributed by atoms with van der Waals surface area (Å²) in [6.07, 6.45) is 3.40. The number of fused-ring (bicyclic) bond motifs is 1. The summed E-state index contributed by atoms with van der Waals surface area (Å²) in [5, 5.41) is 0. The molecule has 0 amide bonds. The number of pyridine rings is 1. The van der Waals surface area contributed by atoms with Crippen LogP contribution in [-0.2, 0) is 16.4 Å². The maximum absolute atomic E-state index is 11.8. The van der Waals surface area contributed by atoms with E-state index in [4.69, 9.17) is 15.3 Å². The Balaban J connectivity index is 1.73. The molecule has 11 heteroatoms. The van der Waals surface area contributed by atoms with Crippen LogP contribution in [0.4, 0.5) is 11.6 Å². The summed E-state index contributed by atoms with van der Waals surface area (Å²) in [6.45, 7) is 6.77. The number of nitrogen functional groups attached to an aromatic ring is 1. The van der Waals surface area contributed by atoms with Crippen LogP contribution in [0.2, 0.25) is 0 Å². The Kier molecular flexibility index (Phi) is 6.82. The third-order valence-corrected chi connectivity index (χ3v) is 6.45. The summed E-state index contributed by atoms with van der Waals surface area (Å²) in [7, 11) is -2.06. The maximum atomic E-state index is 11.8. The van der Waals surface area contributed by atoms with Crippen molar-refractivity contribution in [1.29, 1.82) is 0 Å². The topological polar surface area (TPSA) is 141 Å². The normalized spacial score (nSPS) is 15.8. The molecular weight excluding hydrogens is 468 g/mol. The molecular formula is C24H30N6O4S. The number of rotatable bonds is 6. The first-order valence-corrected chi connectivity index (χ1v) is 13.1. The van der Waals surface area contributed by atoms with Gasteiger partial charge in [0.25, 0.3) is 0 Å². The van der Waals surface area contributed by atoms with E-state index in [-0.39, 0.29) is 29.4 Å². The van der Waals surface area contributed by atoms with Crippen molar-refractivity contribution in [3.63, 3.8) is 0 Å². The van der Waals surface area contributed by atoms with E-state index in [0.29, 0.717) is 13.0 Å². The summed E-state index contributed by atoms with van der Waals surface area (Å²) < 4.78 is 31.3. The van der Waals surface area contributed by atoms with Crippen LogP contribution in [0.1, 0.15) is 48.2 Å². The molecule has 0 saturated carbocycles. The Labute approximate surface area is 205 Å². The molecule has 0 radical (unpaired) electrons. The van der Waals surface area contributed by atoms with Gasteiger partial charge in [0.05, 0.1) is 19.1 Å². The van der Waals surface area contributed by atoms with Gasteiger partial charge in [0.1, 0.15) is 11.4 Å². The number of aromatic nitrogens is 3. The summed E-state index contributed by atoms with van der Waals surface area (Å²) in [5.74, 6) is 1.43. The molecule has 0 saturated heterocycles. The minimum atomic E-state index is -3.50. The molecule has 1 atom stereocenters. The number of benzene rings is 1. The Morgan fingerprint density at radius 3 is 2.69 bits per heavy atom. The van der Waals surface area contributed by atoms with Crippen LogP contribution in [-0.4, -0.2) is 43.3 Å². The largest absolute Gasteiger partial charge is 0.480 e. The highest BCUT2D eigenvalue weighted by Crippen LogP contribution is 2.36. The molecule has 3 aromatic rings. The first-order chi connectivity index (χ1) is 16.6. The number of methoxy groups -OCH3 is 1. The zero-order valence-corrected chi connectivity index (χ0v) is 21.2.